The van der Waals surface area contributed by atoms with Gasteiger partial charge in [0.2, 0.25) is 0 Å². The van der Waals surface area contributed by atoms with Crippen molar-refractivity contribution >= 4 is 17.6 Å². The molecule has 0 radical (unpaired) electrons. The van der Waals surface area contributed by atoms with Crippen LogP contribution in [0, 0.1) is 0 Å². The zero-order valence-corrected chi connectivity index (χ0v) is 10.1. The second kappa shape index (κ2) is 5.61. The van der Waals surface area contributed by atoms with E-state index in [0.29, 0.717) is 22.1 Å². The maximum absolute atomic E-state index is 11.2. The largest absolute Gasteiger partial charge is 0.496 e. The van der Waals surface area contributed by atoms with Gasteiger partial charge in [-0.1, -0.05) is 11.6 Å². The van der Waals surface area contributed by atoms with Gasteiger partial charge in [0.15, 0.2) is 0 Å². The van der Waals surface area contributed by atoms with Crippen molar-refractivity contribution < 1.29 is 19.0 Å². The van der Waals surface area contributed by atoms with Gasteiger partial charge in [-0.3, -0.25) is 4.79 Å². The summed E-state index contributed by atoms with van der Waals surface area (Å²) in [5, 5.41) is 0.433. The van der Waals surface area contributed by atoms with Gasteiger partial charge in [-0.2, -0.15) is 0 Å². The zero-order chi connectivity index (χ0) is 12.1. The summed E-state index contributed by atoms with van der Waals surface area (Å²) in [4.78, 5) is 11.2. The fraction of sp³-hybridized carbons (Fsp3) is 0.364. The molecule has 0 aromatic heterocycles. The topological polar surface area (TPSA) is 44.8 Å². The Morgan fingerprint density at radius 1 is 1.19 bits per heavy atom. The summed E-state index contributed by atoms with van der Waals surface area (Å²) in [6.07, 6.45) is 0.114. The summed E-state index contributed by atoms with van der Waals surface area (Å²) in [7, 11) is 4.37. The molecule has 0 aliphatic carbocycles. The molecule has 16 heavy (non-hydrogen) atoms. The number of esters is 1. The van der Waals surface area contributed by atoms with E-state index in [4.69, 9.17) is 21.1 Å². The van der Waals surface area contributed by atoms with E-state index in [1.165, 1.54) is 21.3 Å². The first-order valence-corrected chi connectivity index (χ1v) is 4.97. The molecule has 0 bridgehead atoms. The molecule has 1 rings (SSSR count). The van der Waals surface area contributed by atoms with Gasteiger partial charge in [-0.05, 0) is 6.07 Å². The average molecular weight is 245 g/mol. The van der Waals surface area contributed by atoms with Crippen LogP contribution in [0.3, 0.4) is 0 Å². The smallest absolute Gasteiger partial charge is 0.310 e. The Kier molecular flexibility index (Phi) is 4.43. The summed E-state index contributed by atoms with van der Waals surface area (Å²) in [6.45, 7) is 0. The number of carbonyl (C=O) groups is 1. The van der Waals surface area contributed by atoms with Crippen LogP contribution in [-0.4, -0.2) is 27.3 Å². The number of hydrogen-bond donors (Lipinski definition) is 0. The number of hydrogen-bond acceptors (Lipinski definition) is 4. The molecule has 0 amide bonds. The highest BCUT2D eigenvalue weighted by Crippen LogP contribution is 2.32. The predicted octanol–water partition coefficient (Wildman–Crippen LogP) is 2.07. The number of rotatable bonds is 4. The molecule has 0 saturated heterocycles. The maximum atomic E-state index is 11.2. The molecule has 0 spiro atoms. The monoisotopic (exact) mass is 244 g/mol. The molecule has 0 atom stereocenters. The molecule has 1 aromatic rings. The van der Waals surface area contributed by atoms with E-state index < -0.39 is 0 Å². The Morgan fingerprint density at radius 3 is 2.31 bits per heavy atom. The van der Waals surface area contributed by atoms with Crippen LogP contribution >= 0.6 is 11.6 Å². The van der Waals surface area contributed by atoms with Crippen LogP contribution in [0.25, 0.3) is 0 Å². The minimum Gasteiger partial charge on any atom is -0.496 e. The number of benzene rings is 1. The van der Waals surface area contributed by atoms with Crippen molar-refractivity contribution in [2.75, 3.05) is 21.3 Å². The Hall–Kier alpha value is -1.42. The fourth-order valence-corrected chi connectivity index (χ4v) is 1.55. The van der Waals surface area contributed by atoms with E-state index in [9.17, 15) is 4.79 Å². The standard InChI is InChI=1S/C11H13ClO4/c1-14-9-6-10(15-2)8(12)4-7(9)5-11(13)16-3/h4,6H,5H2,1-3H3. The van der Waals surface area contributed by atoms with E-state index in [1.807, 2.05) is 0 Å². The van der Waals surface area contributed by atoms with Gasteiger partial charge >= 0.3 is 5.97 Å². The van der Waals surface area contributed by atoms with Gasteiger partial charge in [-0.25, -0.2) is 0 Å². The lowest BCUT2D eigenvalue weighted by atomic mass is 10.1. The first-order valence-electron chi connectivity index (χ1n) is 4.59. The quantitative estimate of drug-likeness (QED) is 0.761. The van der Waals surface area contributed by atoms with Crippen molar-refractivity contribution in [3.63, 3.8) is 0 Å². The van der Waals surface area contributed by atoms with Crippen molar-refractivity contribution in [2.24, 2.45) is 0 Å². The third kappa shape index (κ3) is 2.79. The molecule has 0 unspecified atom stereocenters. The van der Waals surface area contributed by atoms with Crippen LogP contribution < -0.4 is 9.47 Å². The number of methoxy groups -OCH3 is 3. The van der Waals surface area contributed by atoms with Crippen LogP contribution in [0.1, 0.15) is 5.56 Å². The van der Waals surface area contributed by atoms with Gasteiger partial charge in [0.1, 0.15) is 11.5 Å². The van der Waals surface area contributed by atoms with Crippen molar-refractivity contribution in [1.82, 2.24) is 0 Å². The van der Waals surface area contributed by atoms with E-state index >= 15 is 0 Å². The molecule has 88 valence electrons. The Balaban J connectivity index is 3.08. The molecule has 0 aliphatic rings. The number of carbonyl (C=O) groups excluding carboxylic acids is 1. The average Bonchev–Trinajstić information content (AvgIpc) is 2.29. The second-order valence-corrected chi connectivity index (χ2v) is 3.46. The molecule has 0 fully saturated rings. The summed E-state index contributed by atoms with van der Waals surface area (Å²) in [5.74, 6) is 0.707. The lowest BCUT2D eigenvalue weighted by molar-refractivity contribution is -0.139. The fourth-order valence-electron chi connectivity index (χ4n) is 1.29. The van der Waals surface area contributed by atoms with Crippen molar-refractivity contribution in [1.29, 1.82) is 0 Å². The highest BCUT2D eigenvalue weighted by Gasteiger charge is 2.13. The van der Waals surface area contributed by atoms with Crippen LogP contribution in [0.15, 0.2) is 12.1 Å². The normalized spacial score (nSPS) is 9.75. The predicted molar refractivity (Wildman–Crippen MR) is 60.3 cm³/mol. The molecular weight excluding hydrogens is 232 g/mol. The van der Waals surface area contributed by atoms with Gasteiger partial charge in [0.25, 0.3) is 0 Å². The van der Waals surface area contributed by atoms with Crippen molar-refractivity contribution in [2.45, 2.75) is 6.42 Å². The van der Waals surface area contributed by atoms with Gasteiger partial charge in [0.05, 0.1) is 32.8 Å². The summed E-state index contributed by atoms with van der Waals surface area (Å²) < 4.78 is 14.8. The van der Waals surface area contributed by atoms with E-state index in [2.05, 4.69) is 4.74 Å². The minimum absolute atomic E-state index is 0.114. The molecule has 0 aliphatic heterocycles. The zero-order valence-electron chi connectivity index (χ0n) is 9.37. The lowest BCUT2D eigenvalue weighted by Gasteiger charge is -2.11. The molecule has 5 heteroatoms. The summed E-state index contributed by atoms with van der Waals surface area (Å²) in [6, 6.07) is 3.27. The molecule has 4 nitrogen and oxygen atoms in total. The van der Waals surface area contributed by atoms with E-state index in [1.54, 1.807) is 12.1 Å². The Morgan fingerprint density at radius 2 is 1.81 bits per heavy atom. The first kappa shape index (κ1) is 12.6. The Labute approximate surface area is 99.1 Å². The lowest BCUT2D eigenvalue weighted by Crippen LogP contribution is -2.06. The van der Waals surface area contributed by atoms with Crippen molar-refractivity contribution in [3.05, 3.63) is 22.7 Å². The third-order valence-corrected chi connectivity index (χ3v) is 2.41. The molecule has 0 saturated carbocycles. The molecule has 0 heterocycles. The number of ether oxygens (including phenoxy) is 3. The van der Waals surface area contributed by atoms with Crippen LogP contribution in [-0.2, 0) is 16.0 Å². The van der Waals surface area contributed by atoms with Gasteiger partial charge in [-0.15, -0.1) is 0 Å². The van der Waals surface area contributed by atoms with Crippen LogP contribution in [0.4, 0.5) is 0 Å². The molecule has 0 N–H and O–H groups in total. The third-order valence-electron chi connectivity index (χ3n) is 2.12. The Bertz CT molecular complexity index is 390. The highest BCUT2D eigenvalue weighted by molar-refractivity contribution is 6.32. The van der Waals surface area contributed by atoms with Crippen LogP contribution in [0.5, 0.6) is 11.5 Å². The SMILES string of the molecule is COC(=O)Cc1cc(Cl)c(OC)cc1OC. The minimum atomic E-state index is -0.348. The van der Waals surface area contributed by atoms with Crippen LogP contribution in [0.2, 0.25) is 5.02 Å². The van der Waals surface area contributed by atoms with E-state index in [0.717, 1.165) is 0 Å². The van der Waals surface area contributed by atoms with Gasteiger partial charge < -0.3 is 14.2 Å². The molecule has 1 aromatic carbocycles. The summed E-state index contributed by atoms with van der Waals surface area (Å²) in [5.41, 5.74) is 0.667. The molecular formula is C11H13ClO4. The maximum Gasteiger partial charge on any atom is 0.310 e. The summed E-state index contributed by atoms with van der Waals surface area (Å²) >= 11 is 5.95. The van der Waals surface area contributed by atoms with Gasteiger partial charge in [0, 0.05) is 11.6 Å². The first-order chi connectivity index (χ1) is 7.62. The van der Waals surface area contributed by atoms with Crippen molar-refractivity contribution in [3.8, 4) is 11.5 Å². The highest BCUT2D eigenvalue weighted by atomic mass is 35.5. The number of halogens is 1. The van der Waals surface area contributed by atoms with E-state index in [-0.39, 0.29) is 12.4 Å². The second-order valence-electron chi connectivity index (χ2n) is 3.05.